The van der Waals surface area contributed by atoms with Crippen LogP contribution in [0.25, 0.3) is 0 Å². The van der Waals surface area contributed by atoms with Crippen LogP contribution in [0.15, 0.2) is 18.2 Å². The molecule has 0 bridgehead atoms. The maximum atomic E-state index is 12.7. The molecule has 1 aromatic carbocycles. The number of ether oxygens (including phenoxy) is 1. The fourth-order valence-corrected chi connectivity index (χ4v) is 3.26. The Hall–Kier alpha value is -1.26. The van der Waals surface area contributed by atoms with Crippen LogP contribution in [0.2, 0.25) is 0 Å². The van der Waals surface area contributed by atoms with Crippen LogP contribution in [0, 0.1) is 0 Å². The van der Waals surface area contributed by atoms with Gasteiger partial charge in [-0.3, -0.25) is 4.79 Å². The number of amides is 1. The highest BCUT2D eigenvalue weighted by Crippen LogP contribution is 2.26. The molecular weight excluding hydrogens is 288 g/mol. The maximum Gasteiger partial charge on any atom is 0.253 e. The molecule has 1 fully saturated rings. The van der Waals surface area contributed by atoms with Crippen LogP contribution in [0.5, 0.6) is 5.75 Å². The maximum absolute atomic E-state index is 12.7. The first-order valence-electron chi connectivity index (χ1n) is 7.61. The Morgan fingerprint density at radius 2 is 2.14 bits per heavy atom. The van der Waals surface area contributed by atoms with Gasteiger partial charge in [0.1, 0.15) is 5.75 Å². The van der Waals surface area contributed by atoms with Crippen molar-refractivity contribution in [1.29, 1.82) is 0 Å². The lowest BCUT2D eigenvalue weighted by atomic mass is 10.1. The van der Waals surface area contributed by atoms with Crippen molar-refractivity contribution in [3.63, 3.8) is 0 Å². The summed E-state index contributed by atoms with van der Waals surface area (Å²) in [6.07, 6.45) is 1.91. The topological polar surface area (TPSA) is 32.8 Å². The number of rotatable bonds is 3. The van der Waals surface area contributed by atoms with E-state index in [1.807, 2.05) is 23.1 Å². The molecule has 5 heteroatoms. The van der Waals surface area contributed by atoms with Crippen molar-refractivity contribution < 1.29 is 9.53 Å². The van der Waals surface area contributed by atoms with Gasteiger partial charge in [-0.15, -0.1) is 11.6 Å². The van der Waals surface area contributed by atoms with Gasteiger partial charge in [0, 0.05) is 44.0 Å². The van der Waals surface area contributed by atoms with E-state index in [1.54, 1.807) is 0 Å². The van der Waals surface area contributed by atoms with Gasteiger partial charge in [0.15, 0.2) is 0 Å². The average Bonchev–Trinajstić information content (AvgIpc) is 2.85. The molecule has 2 aliphatic rings. The summed E-state index contributed by atoms with van der Waals surface area (Å²) in [6.45, 7) is 5.17. The summed E-state index contributed by atoms with van der Waals surface area (Å²) >= 11 is 5.80. The molecule has 21 heavy (non-hydrogen) atoms. The summed E-state index contributed by atoms with van der Waals surface area (Å²) in [7, 11) is 0. The first-order valence-corrected chi connectivity index (χ1v) is 8.15. The standard InChI is InChI=1S/C16H21ClN2O2/c17-5-8-18-6-1-7-19(10-9-18)16(20)14-2-3-15-13(12-14)4-11-21-15/h2-3,12H,1,4-11H2. The summed E-state index contributed by atoms with van der Waals surface area (Å²) in [5.41, 5.74) is 1.93. The number of carbonyl (C=O) groups is 1. The molecule has 1 saturated heterocycles. The minimum atomic E-state index is 0.137. The molecule has 0 atom stereocenters. The summed E-state index contributed by atoms with van der Waals surface area (Å²) in [5, 5.41) is 0. The minimum absolute atomic E-state index is 0.137. The summed E-state index contributed by atoms with van der Waals surface area (Å²) in [6, 6.07) is 5.80. The predicted molar refractivity (Wildman–Crippen MR) is 83.3 cm³/mol. The van der Waals surface area contributed by atoms with Crippen molar-refractivity contribution in [3.05, 3.63) is 29.3 Å². The molecule has 0 aliphatic carbocycles. The number of carbonyl (C=O) groups excluding carboxylic acids is 1. The molecule has 3 rings (SSSR count). The Morgan fingerprint density at radius 1 is 1.24 bits per heavy atom. The van der Waals surface area contributed by atoms with Gasteiger partial charge in [0.05, 0.1) is 6.61 Å². The number of hydrogen-bond acceptors (Lipinski definition) is 3. The first kappa shape index (κ1) is 14.7. The van der Waals surface area contributed by atoms with Crippen LogP contribution in [-0.4, -0.2) is 60.9 Å². The lowest BCUT2D eigenvalue weighted by Gasteiger charge is -2.21. The Balaban J connectivity index is 1.67. The van der Waals surface area contributed by atoms with Crippen LogP contribution in [0.3, 0.4) is 0 Å². The number of alkyl halides is 1. The Kier molecular flexibility index (Phi) is 4.66. The van der Waals surface area contributed by atoms with E-state index >= 15 is 0 Å². The smallest absolute Gasteiger partial charge is 0.253 e. The Labute approximate surface area is 130 Å². The van der Waals surface area contributed by atoms with E-state index < -0.39 is 0 Å². The molecule has 0 radical (unpaired) electrons. The Bertz CT molecular complexity index is 521. The highest BCUT2D eigenvalue weighted by Gasteiger charge is 2.22. The van der Waals surface area contributed by atoms with Gasteiger partial charge in [-0.2, -0.15) is 0 Å². The molecule has 0 N–H and O–H groups in total. The summed E-state index contributed by atoms with van der Waals surface area (Å²) < 4.78 is 5.50. The van der Waals surface area contributed by atoms with Crippen molar-refractivity contribution >= 4 is 17.5 Å². The molecular formula is C16H21ClN2O2. The first-order chi connectivity index (χ1) is 10.3. The molecule has 2 aliphatic heterocycles. The second-order valence-corrected chi connectivity index (χ2v) is 5.98. The fraction of sp³-hybridized carbons (Fsp3) is 0.562. The van der Waals surface area contributed by atoms with Crippen molar-refractivity contribution in [2.24, 2.45) is 0 Å². The van der Waals surface area contributed by atoms with Crippen LogP contribution in [0.1, 0.15) is 22.3 Å². The minimum Gasteiger partial charge on any atom is -0.493 e. The van der Waals surface area contributed by atoms with Gasteiger partial charge in [-0.25, -0.2) is 0 Å². The van der Waals surface area contributed by atoms with Crippen molar-refractivity contribution in [3.8, 4) is 5.75 Å². The number of benzene rings is 1. The van der Waals surface area contributed by atoms with Crippen molar-refractivity contribution in [1.82, 2.24) is 9.80 Å². The quantitative estimate of drug-likeness (QED) is 0.801. The van der Waals surface area contributed by atoms with E-state index in [4.69, 9.17) is 16.3 Å². The largest absolute Gasteiger partial charge is 0.493 e. The van der Waals surface area contributed by atoms with Crippen LogP contribution >= 0.6 is 11.6 Å². The van der Waals surface area contributed by atoms with Gasteiger partial charge in [-0.1, -0.05) is 0 Å². The highest BCUT2D eigenvalue weighted by molar-refractivity contribution is 6.18. The van der Waals surface area contributed by atoms with Gasteiger partial charge in [0.2, 0.25) is 0 Å². The van der Waals surface area contributed by atoms with Gasteiger partial charge >= 0.3 is 0 Å². The van der Waals surface area contributed by atoms with Crippen LogP contribution in [-0.2, 0) is 6.42 Å². The third-order valence-corrected chi connectivity index (χ3v) is 4.38. The predicted octanol–water partition coefficient (Wildman–Crippen LogP) is 2.01. The van der Waals surface area contributed by atoms with Crippen molar-refractivity contribution in [2.75, 3.05) is 45.2 Å². The highest BCUT2D eigenvalue weighted by atomic mass is 35.5. The van der Waals surface area contributed by atoms with Crippen molar-refractivity contribution in [2.45, 2.75) is 12.8 Å². The number of fused-ring (bicyclic) bond motifs is 1. The molecule has 0 aromatic heterocycles. The van der Waals surface area contributed by atoms with E-state index in [2.05, 4.69) is 4.90 Å². The average molecular weight is 309 g/mol. The van der Waals surface area contributed by atoms with Gasteiger partial charge in [0.25, 0.3) is 5.91 Å². The normalized spacial score (nSPS) is 19.0. The van der Waals surface area contributed by atoms with E-state index in [1.165, 1.54) is 0 Å². The third-order valence-electron chi connectivity index (χ3n) is 4.21. The second kappa shape index (κ2) is 6.67. The molecule has 4 nitrogen and oxygen atoms in total. The zero-order valence-corrected chi connectivity index (χ0v) is 12.9. The third kappa shape index (κ3) is 3.33. The molecule has 0 unspecified atom stereocenters. The SMILES string of the molecule is O=C(c1ccc2c(c1)CCO2)N1CCCN(CCCl)CC1. The fourth-order valence-electron chi connectivity index (χ4n) is 3.02. The van der Waals surface area contributed by atoms with E-state index in [9.17, 15) is 4.79 Å². The summed E-state index contributed by atoms with van der Waals surface area (Å²) in [5.74, 6) is 1.71. The summed E-state index contributed by atoms with van der Waals surface area (Å²) in [4.78, 5) is 17.0. The van der Waals surface area contributed by atoms with Gasteiger partial charge in [-0.05, 0) is 36.7 Å². The van der Waals surface area contributed by atoms with E-state index in [-0.39, 0.29) is 5.91 Å². The molecule has 2 heterocycles. The lowest BCUT2D eigenvalue weighted by Crippen LogP contribution is -2.35. The number of nitrogens with zero attached hydrogens (tertiary/aromatic N) is 2. The number of hydrogen-bond donors (Lipinski definition) is 0. The number of halogens is 1. The molecule has 114 valence electrons. The van der Waals surface area contributed by atoms with E-state index in [0.717, 1.165) is 69.0 Å². The second-order valence-electron chi connectivity index (χ2n) is 5.60. The molecule has 1 aromatic rings. The molecule has 0 spiro atoms. The zero-order chi connectivity index (χ0) is 14.7. The molecule has 1 amide bonds. The molecule has 0 saturated carbocycles. The van der Waals surface area contributed by atoms with Crippen LogP contribution < -0.4 is 4.74 Å². The zero-order valence-electron chi connectivity index (χ0n) is 12.2. The van der Waals surface area contributed by atoms with Gasteiger partial charge < -0.3 is 14.5 Å². The monoisotopic (exact) mass is 308 g/mol. The van der Waals surface area contributed by atoms with E-state index in [0.29, 0.717) is 5.88 Å². The Morgan fingerprint density at radius 3 is 3.00 bits per heavy atom. The van der Waals surface area contributed by atoms with Crippen LogP contribution in [0.4, 0.5) is 0 Å². The lowest BCUT2D eigenvalue weighted by molar-refractivity contribution is 0.0761.